The van der Waals surface area contributed by atoms with Crippen LogP contribution < -0.4 is 5.32 Å². The fourth-order valence-corrected chi connectivity index (χ4v) is 9.83. The Morgan fingerprint density at radius 1 is 0.222 bits per heavy atom. The molecule has 11 aromatic carbocycles. The fourth-order valence-electron chi connectivity index (χ4n) is 9.83. The van der Waals surface area contributed by atoms with Gasteiger partial charge in [0.25, 0.3) is 0 Å². The Kier molecular flexibility index (Phi) is 12.1. The van der Waals surface area contributed by atoms with E-state index in [2.05, 4.69) is 297 Å². The minimum atomic E-state index is -0.300. The van der Waals surface area contributed by atoms with Gasteiger partial charge in [-0.3, -0.25) is 4.99 Å². The van der Waals surface area contributed by atoms with Crippen LogP contribution in [0.25, 0.3) is 94.7 Å². The van der Waals surface area contributed by atoms with E-state index in [9.17, 15) is 0 Å². The number of hydrogen-bond acceptors (Lipinski definition) is 2. The lowest BCUT2D eigenvalue weighted by atomic mass is 9.95. The van der Waals surface area contributed by atoms with Gasteiger partial charge in [0.2, 0.25) is 0 Å². The molecule has 12 rings (SSSR count). The van der Waals surface area contributed by atoms with Crippen molar-refractivity contribution in [1.29, 1.82) is 0 Å². The molecule has 0 saturated heterocycles. The average molecular weight is 919 g/mol. The molecule has 0 bridgehead atoms. The van der Waals surface area contributed by atoms with E-state index in [1.165, 1.54) is 77.9 Å². The number of nitrogens with zero attached hydrogens (tertiary/aromatic N) is 1. The van der Waals surface area contributed by atoms with E-state index in [4.69, 9.17) is 4.99 Å². The summed E-state index contributed by atoms with van der Waals surface area (Å²) in [5, 5.41) is 3.83. The molecule has 0 aliphatic carbocycles. The molecular weight excluding hydrogens is 869 g/mol. The number of benzene rings is 11. The number of allylic oxidation sites excluding steroid dienone is 1. The van der Waals surface area contributed by atoms with E-state index in [1.807, 2.05) is 0 Å². The monoisotopic (exact) mass is 918 g/mol. The average Bonchev–Trinajstić information content (AvgIpc) is 3.48. The van der Waals surface area contributed by atoms with E-state index < -0.39 is 0 Å². The van der Waals surface area contributed by atoms with Crippen molar-refractivity contribution in [3.63, 3.8) is 0 Å². The third-order valence-corrected chi connectivity index (χ3v) is 13.7. The minimum absolute atomic E-state index is 0.300. The predicted molar refractivity (Wildman–Crippen MR) is 303 cm³/mol. The maximum absolute atomic E-state index is 5.41. The van der Waals surface area contributed by atoms with Gasteiger partial charge in [-0.1, -0.05) is 255 Å². The number of rotatable bonds is 11. The standard InChI is InChI=1S/C70H50N2/c1-4-15-49(16-5-1)58-21-10-24-61(43-58)52-31-37-55(38-32-52)68-48-69(56-39-33-53(34-40-56)62-25-13-29-66(46-62)64-27-11-22-59(44-64)50-17-6-2-7-18-50)72-70(71-68)57-41-35-54(36-42-57)63-26-14-30-67(47-63)65-28-12-23-60(45-65)51-19-8-3-9-20-51/h1-48,70-71H. The van der Waals surface area contributed by atoms with E-state index >= 15 is 0 Å². The van der Waals surface area contributed by atoms with E-state index in [0.717, 1.165) is 39.2 Å². The van der Waals surface area contributed by atoms with Crippen LogP contribution in [0.1, 0.15) is 22.9 Å². The molecule has 1 aliphatic heterocycles. The second-order valence-electron chi connectivity index (χ2n) is 18.4. The van der Waals surface area contributed by atoms with Gasteiger partial charge in [-0.05, 0) is 142 Å². The Morgan fingerprint density at radius 2 is 0.472 bits per heavy atom. The predicted octanol–water partition coefficient (Wildman–Crippen LogP) is 18.2. The van der Waals surface area contributed by atoms with Crippen LogP contribution in [0.15, 0.2) is 296 Å². The third kappa shape index (κ3) is 9.50. The molecule has 2 nitrogen and oxygen atoms in total. The number of hydrogen-bond donors (Lipinski definition) is 1. The summed E-state index contributed by atoms with van der Waals surface area (Å²) in [6.45, 7) is 0. The molecule has 0 amide bonds. The summed E-state index contributed by atoms with van der Waals surface area (Å²) in [5.41, 5.74) is 24.3. The zero-order valence-electron chi connectivity index (χ0n) is 39.7. The first-order chi connectivity index (χ1) is 35.6. The summed E-state index contributed by atoms with van der Waals surface area (Å²) >= 11 is 0. The molecule has 0 saturated carbocycles. The Morgan fingerprint density at radius 3 is 0.806 bits per heavy atom. The molecule has 1 unspecified atom stereocenters. The zero-order valence-corrected chi connectivity index (χ0v) is 39.7. The Balaban J connectivity index is 0.845. The molecule has 11 aromatic rings. The van der Waals surface area contributed by atoms with Crippen LogP contribution in [0.4, 0.5) is 0 Å². The van der Waals surface area contributed by atoms with Gasteiger partial charge in [0.1, 0.15) is 6.17 Å². The highest BCUT2D eigenvalue weighted by atomic mass is 15.1. The molecule has 0 aromatic heterocycles. The lowest BCUT2D eigenvalue weighted by Gasteiger charge is -2.25. The molecule has 72 heavy (non-hydrogen) atoms. The van der Waals surface area contributed by atoms with E-state index in [-0.39, 0.29) is 6.17 Å². The molecule has 1 aliphatic rings. The van der Waals surface area contributed by atoms with E-state index in [1.54, 1.807) is 0 Å². The lowest BCUT2D eigenvalue weighted by molar-refractivity contribution is 0.664. The summed E-state index contributed by atoms with van der Waals surface area (Å²) in [7, 11) is 0. The second-order valence-corrected chi connectivity index (χ2v) is 18.4. The van der Waals surface area contributed by atoms with Crippen molar-refractivity contribution in [3.05, 3.63) is 308 Å². The van der Waals surface area contributed by atoms with Crippen molar-refractivity contribution >= 4 is 11.4 Å². The van der Waals surface area contributed by atoms with Gasteiger partial charge in [-0.25, -0.2) is 0 Å². The molecule has 2 heteroatoms. The van der Waals surface area contributed by atoms with Gasteiger partial charge >= 0.3 is 0 Å². The molecule has 1 heterocycles. The summed E-state index contributed by atoms with van der Waals surface area (Å²) < 4.78 is 0. The Labute approximate surface area is 422 Å². The van der Waals surface area contributed by atoms with Crippen LogP contribution in [-0.4, -0.2) is 5.71 Å². The van der Waals surface area contributed by atoms with Crippen LogP contribution in [0.5, 0.6) is 0 Å². The van der Waals surface area contributed by atoms with Crippen LogP contribution >= 0.6 is 0 Å². The summed E-state index contributed by atoms with van der Waals surface area (Å²) in [5.74, 6) is 0. The molecular formula is C70H50N2. The highest BCUT2D eigenvalue weighted by Crippen LogP contribution is 2.35. The smallest absolute Gasteiger partial charge is 0.145 e. The normalized spacial score (nSPS) is 13.1. The second kappa shape index (κ2) is 19.9. The molecule has 0 fully saturated rings. The van der Waals surface area contributed by atoms with Crippen LogP contribution in [0.3, 0.4) is 0 Å². The Bertz CT molecular complexity index is 3720. The number of nitrogens with one attached hydrogen (secondary N) is 1. The molecule has 0 radical (unpaired) electrons. The fraction of sp³-hybridized carbons (Fsp3) is 0.0143. The highest BCUT2D eigenvalue weighted by Gasteiger charge is 2.20. The van der Waals surface area contributed by atoms with Gasteiger partial charge in [-0.15, -0.1) is 0 Å². The maximum Gasteiger partial charge on any atom is 0.145 e. The van der Waals surface area contributed by atoms with Crippen LogP contribution in [0.2, 0.25) is 0 Å². The van der Waals surface area contributed by atoms with Gasteiger partial charge in [0, 0.05) is 5.70 Å². The van der Waals surface area contributed by atoms with Gasteiger partial charge in [0.05, 0.1) is 5.71 Å². The van der Waals surface area contributed by atoms with Crippen molar-refractivity contribution in [3.8, 4) is 89.0 Å². The first-order valence-corrected chi connectivity index (χ1v) is 24.7. The first kappa shape index (κ1) is 43.9. The number of aliphatic imine (C=N–C) groups is 1. The molecule has 340 valence electrons. The van der Waals surface area contributed by atoms with Crippen molar-refractivity contribution < 1.29 is 0 Å². The van der Waals surface area contributed by atoms with Crippen molar-refractivity contribution in [2.45, 2.75) is 6.17 Å². The van der Waals surface area contributed by atoms with Crippen LogP contribution in [-0.2, 0) is 0 Å². The van der Waals surface area contributed by atoms with Crippen molar-refractivity contribution in [2.75, 3.05) is 0 Å². The SMILES string of the molecule is C1=C(c2ccc(-c3cccc(-c4ccccc4)c3)cc2)NC(c2ccc(-c3cccc(-c4cccc(-c5ccccc5)c4)c3)cc2)N=C1c1ccc(-c2cccc(-c3cccc(-c4ccccc4)c3)c2)cc1. The molecule has 0 spiro atoms. The zero-order chi connectivity index (χ0) is 48.1. The summed E-state index contributed by atoms with van der Waals surface area (Å²) in [4.78, 5) is 5.41. The van der Waals surface area contributed by atoms with Crippen LogP contribution in [0, 0.1) is 0 Å². The quantitative estimate of drug-likeness (QED) is 0.137. The van der Waals surface area contributed by atoms with Gasteiger partial charge < -0.3 is 5.32 Å². The topological polar surface area (TPSA) is 24.4 Å². The van der Waals surface area contributed by atoms with Gasteiger partial charge in [-0.2, -0.15) is 0 Å². The first-order valence-electron chi connectivity index (χ1n) is 24.7. The van der Waals surface area contributed by atoms with E-state index in [0.29, 0.717) is 0 Å². The lowest BCUT2D eigenvalue weighted by Crippen LogP contribution is -2.24. The van der Waals surface area contributed by atoms with Gasteiger partial charge in [0.15, 0.2) is 0 Å². The maximum atomic E-state index is 5.41. The molecule has 1 N–H and O–H groups in total. The largest absolute Gasteiger partial charge is 0.360 e. The molecule has 1 atom stereocenters. The third-order valence-electron chi connectivity index (χ3n) is 13.7. The highest BCUT2D eigenvalue weighted by molar-refractivity contribution is 6.13. The summed E-state index contributed by atoms with van der Waals surface area (Å²) in [6.07, 6.45) is 1.90. The summed E-state index contributed by atoms with van der Waals surface area (Å²) in [6, 6.07) is 102. The Hall–Kier alpha value is -9.37. The minimum Gasteiger partial charge on any atom is -0.360 e. The van der Waals surface area contributed by atoms with Crippen molar-refractivity contribution in [1.82, 2.24) is 5.32 Å². The van der Waals surface area contributed by atoms with Crippen molar-refractivity contribution in [2.24, 2.45) is 4.99 Å².